The van der Waals surface area contributed by atoms with Gasteiger partial charge in [-0.2, -0.15) is 0 Å². The second-order valence-electron chi connectivity index (χ2n) is 5.05. The highest BCUT2D eigenvalue weighted by Crippen LogP contribution is 2.33. The average molecular weight is 254 g/mol. The first-order chi connectivity index (χ1) is 8.15. The summed E-state index contributed by atoms with van der Waals surface area (Å²) in [5, 5.41) is 6.84. The molecule has 2 nitrogen and oxygen atoms in total. The zero-order valence-electron chi connectivity index (χ0n) is 11.7. The van der Waals surface area contributed by atoms with Gasteiger partial charge < -0.3 is 5.32 Å². The molecular weight excluding hydrogens is 228 g/mol. The zero-order valence-corrected chi connectivity index (χ0v) is 12.5. The van der Waals surface area contributed by atoms with Gasteiger partial charge in [0, 0.05) is 24.0 Å². The molecule has 1 aromatic rings. The largest absolute Gasteiger partial charge is 0.319 e. The van der Waals surface area contributed by atoms with Crippen LogP contribution in [0, 0.1) is 12.3 Å². The Morgan fingerprint density at radius 2 is 2.18 bits per heavy atom. The van der Waals surface area contributed by atoms with E-state index >= 15 is 0 Å². The van der Waals surface area contributed by atoms with E-state index < -0.39 is 0 Å². The lowest BCUT2D eigenvalue weighted by Gasteiger charge is -2.32. The first kappa shape index (κ1) is 14.7. The molecule has 1 unspecified atom stereocenters. The van der Waals surface area contributed by atoms with Gasteiger partial charge in [0.25, 0.3) is 0 Å². The third kappa shape index (κ3) is 4.40. The molecular formula is C14H26N2S. The summed E-state index contributed by atoms with van der Waals surface area (Å²) < 4.78 is 0. The predicted molar refractivity (Wildman–Crippen MR) is 76.7 cm³/mol. The molecule has 1 atom stereocenters. The van der Waals surface area contributed by atoms with Gasteiger partial charge in [0.1, 0.15) is 0 Å². The summed E-state index contributed by atoms with van der Waals surface area (Å²) in [4.78, 5) is 4.62. The van der Waals surface area contributed by atoms with Crippen LogP contribution in [-0.4, -0.2) is 18.6 Å². The Morgan fingerprint density at radius 3 is 2.65 bits per heavy atom. The number of unbranched alkanes of at least 4 members (excludes halogenated alkanes) is 1. The fraction of sp³-hybridized carbons (Fsp3) is 0.786. The number of hydrogen-bond donors (Lipinski definition) is 1. The van der Waals surface area contributed by atoms with Crippen LogP contribution in [0.15, 0.2) is 5.38 Å². The SMILES string of the molecule is CCCCC(CC)(CNC)Cc1nc(C)cs1. The Hall–Kier alpha value is -0.410. The van der Waals surface area contributed by atoms with E-state index in [2.05, 4.69) is 43.5 Å². The van der Waals surface area contributed by atoms with Crippen molar-refractivity contribution in [2.24, 2.45) is 5.41 Å². The maximum Gasteiger partial charge on any atom is 0.0934 e. The fourth-order valence-electron chi connectivity index (χ4n) is 2.40. The van der Waals surface area contributed by atoms with E-state index in [-0.39, 0.29) is 0 Å². The van der Waals surface area contributed by atoms with Gasteiger partial charge in [-0.15, -0.1) is 11.3 Å². The van der Waals surface area contributed by atoms with Crippen LogP contribution in [0.3, 0.4) is 0 Å². The number of hydrogen-bond acceptors (Lipinski definition) is 3. The van der Waals surface area contributed by atoms with Gasteiger partial charge in [-0.25, -0.2) is 4.98 Å². The molecule has 17 heavy (non-hydrogen) atoms. The van der Waals surface area contributed by atoms with Gasteiger partial charge in [0.05, 0.1) is 5.01 Å². The van der Waals surface area contributed by atoms with Crippen molar-refractivity contribution >= 4 is 11.3 Å². The highest BCUT2D eigenvalue weighted by atomic mass is 32.1. The van der Waals surface area contributed by atoms with Crippen LogP contribution in [0.2, 0.25) is 0 Å². The summed E-state index contributed by atoms with van der Waals surface area (Å²) in [7, 11) is 2.06. The van der Waals surface area contributed by atoms with Crippen molar-refractivity contribution in [1.82, 2.24) is 10.3 Å². The average Bonchev–Trinajstić information content (AvgIpc) is 2.72. The van der Waals surface area contributed by atoms with Gasteiger partial charge in [-0.1, -0.05) is 26.7 Å². The molecule has 0 aliphatic heterocycles. The van der Waals surface area contributed by atoms with E-state index in [0.717, 1.165) is 18.7 Å². The van der Waals surface area contributed by atoms with Crippen molar-refractivity contribution in [2.75, 3.05) is 13.6 Å². The number of thiazole rings is 1. The molecule has 1 heterocycles. The summed E-state index contributed by atoms with van der Waals surface area (Å²) in [6, 6.07) is 0. The molecule has 1 rings (SSSR count). The third-order valence-corrected chi connectivity index (χ3v) is 4.52. The molecule has 0 aliphatic carbocycles. The highest BCUT2D eigenvalue weighted by molar-refractivity contribution is 7.09. The molecule has 0 aromatic carbocycles. The van der Waals surface area contributed by atoms with Crippen LogP contribution in [0.1, 0.15) is 50.2 Å². The van der Waals surface area contributed by atoms with Gasteiger partial charge >= 0.3 is 0 Å². The monoisotopic (exact) mass is 254 g/mol. The molecule has 0 saturated carbocycles. The van der Waals surface area contributed by atoms with Gasteiger partial charge in [-0.05, 0) is 32.2 Å². The van der Waals surface area contributed by atoms with E-state index in [4.69, 9.17) is 0 Å². The minimum absolute atomic E-state index is 0.398. The van der Waals surface area contributed by atoms with E-state index in [0.29, 0.717) is 5.41 Å². The fourth-order valence-corrected chi connectivity index (χ4v) is 3.34. The van der Waals surface area contributed by atoms with Crippen LogP contribution in [0.25, 0.3) is 0 Å². The van der Waals surface area contributed by atoms with Crippen molar-refractivity contribution in [2.45, 2.75) is 52.9 Å². The molecule has 0 aliphatic rings. The number of aromatic nitrogens is 1. The maximum atomic E-state index is 4.62. The minimum Gasteiger partial charge on any atom is -0.319 e. The normalized spacial score (nSPS) is 14.8. The van der Waals surface area contributed by atoms with E-state index in [1.54, 1.807) is 0 Å². The molecule has 0 radical (unpaired) electrons. The van der Waals surface area contributed by atoms with Crippen LogP contribution in [0.5, 0.6) is 0 Å². The second-order valence-corrected chi connectivity index (χ2v) is 5.99. The number of nitrogens with one attached hydrogen (secondary N) is 1. The van der Waals surface area contributed by atoms with Crippen LogP contribution in [0.4, 0.5) is 0 Å². The first-order valence-corrected chi connectivity index (χ1v) is 7.59. The van der Waals surface area contributed by atoms with Crippen molar-refractivity contribution in [3.63, 3.8) is 0 Å². The Bertz CT molecular complexity index is 322. The Labute approximate surface area is 110 Å². The van der Waals surface area contributed by atoms with E-state index in [1.807, 2.05) is 11.3 Å². The van der Waals surface area contributed by atoms with Gasteiger partial charge in [0.15, 0.2) is 0 Å². The predicted octanol–water partition coefficient (Wildman–Crippen LogP) is 3.80. The Kier molecular flexibility index (Phi) is 6.14. The molecule has 0 spiro atoms. The lowest BCUT2D eigenvalue weighted by Crippen LogP contribution is -2.34. The third-order valence-electron chi connectivity index (χ3n) is 3.56. The highest BCUT2D eigenvalue weighted by Gasteiger charge is 2.28. The molecule has 1 N–H and O–H groups in total. The lowest BCUT2D eigenvalue weighted by molar-refractivity contribution is 0.234. The van der Waals surface area contributed by atoms with Gasteiger partial charge in [-0.3, -0.25) is 0 Å². The summed E-state index contributed by atoms with van der Waals surface area (Å²) in [6.07, 6.45) is 6.26. The standard InChI is InChI=1S/C14H26N2S/c1-5-7-8-14(6-2,11-15-4)9-13-16-12(3)10-17-13/h10,15H,5-9,11H2,1-4H3. The molecule has 0 fully saturated rings. The Morgan fingerprint density at radius 1 is 1.41 bits per heavy atom. The van der Waals surface area contributed by atoms with Crippen molar-refractivity contribution in [1.29, 1.82) is 0 Å². The van der Waals surface area contributed by atoms with Crippen molar-refractivity contribution in [3.05, 3.63) is 16.1 Å². The molecule has 3 heteroatoms. The smallest absolute Gasteiger partial charge is 0.0934 e. The Balaban J connectivity index is 2.73. The topological polar surface area (TPSA) is 24.9 Å². The quantitative estimate of drug-likeness (QED) is 0.763. The number of nitrogens with zero attached hydrogens (tertiary/aromatic N) is 1. The summed E-state index contributed by atoms with van der Waals surface area (Å²) in [5.41, 5.74) is 1.56. The summed E-state index contributed by atoms with van der Waals surface area (Å²) in [5.74, 6) is 0. The first-order valence-electron chi connectivity index (χ1n) is 6.71. The molecule has 1 aromatic heterocycles. The number of rotatable bonds is 8. The molecule has 0 saturated heterocycles. The molecule has 0 amide bonds. The minimum atomic E-state index is 0.398. The van der Waals surface area contributed by atoms with E-state index in [1.165, 1.54) is 30.7 Å². The molecule has 98 valence electrons. The zero-order chi connectivity index (χ0) is 12.7. The molecule has 0 bridgehead atoms. The van der Waals surface area contributed by atoms with Gasteiger partial charge in [0.2, 0.25) is 0 Å². The summed E-state index contributed by atoms with van der Waals surface area (Å²) in [6.45, 7) is 7.76. The lowest BCUT2D eigenvalue weighted by atomic mass is 9.77. The maximum absolute atomic E-state index is 4.62. The van der Waals surface area contributed by atoms with Crippen LogP contribution < -0.4 is 5.32 Å². The van der Waals surface area contributed by atoms with E-state index in [9.17, 15) is 0 Å². The van der Waals surface area contributed by atoms with Crippen molar-refractivity contribution < 1.29 is 0 Å². The summed E-state index contributed by atoms with van der Waals surface area (Å²) >= 11 is 1.81. The number of aryl methyl sites for hydroxylation is 1. The van der Waals surface area contributed by atoms with Crippen LogP contribution in [-0.2, 0) is 6.42 Å². The second kappa shape index (κ2) is 7.12. The van der Waals surface area contributed by atoms with Crippen LogP contribution >= 0.6 is 11.3 Å². The van der Waals surface area contributed by atoms with Crippen molar-refractivity contribution in [3.8, 4) is 0 Å².